The molecule has 118 valence electrons. The Morgan fingerprint density at radius 2 is 1.87 bits per heavy atom. The molecule has 1 amide bonds. The smallest absolute Gasteiger partial charge is 0.329 e. The molecule has 0 saturated heterocycles. The first-order valence-corrected chi connectivity index (χ1v) is 6.97. The third-order valence-electron chi connectivity index (χ3n) is 3.88. The summed E-state index contributed by atoms with van der Waals surface area (Å²) in [5.74, 6) is -0.0909. The molecule has 0 fully saturated rings. The molecule has 1 aromatic carbocycles. The molecule has 23 heavy (non-hydrogen) atoms. The molecule has 4 N–H and O–H groups in total. The van der Waals surface area contributed by atoms with Gasteiger partial charge in [-0.1, -0.05) is 19.1 Å². The van der Waals surface area contributed by atoms with Crippen molar-refractivity contribution in [2.24, 2.45) is 12.8 Å². The van der Waals surface area contributed by atoms with Gasteiger partial charge in [0.05, 0.1) is 0 Å². The highest BCUT2D eigenvalue weighted by atomic mass is 16.2. The summed E-state index contributed by atoms with van der Waals surface area (Å²) in [6.07, 6.45) is 0. The van der Waals surface area contributed by atoms with Crippen LogP contribution in [-0.4, -0.2) is 25.4 Å². The van der Waals surface area contributed by atoms with Crippen molar-refractivity contribution in [1.82, 2.24) is 19.5 Å². The molecule has 0 radical (unpaired) electrons. The Morgan fingerprint density at radius 3 is 2.48 bits per heavy atom. The zero-order valence-electron chi connectivity index (χ0n) is 12.6. The molecule has 1 unspecified atom stereocenters. The fraction of sp³-hybridized carbons (Fsp3) is 0.200. The second-order valence-electron chi connectivity index (χ2n) is 5.35. The van der Waals surface area contributed by atoms with Crippen LogP contribution in [0.2, 0.25) is 0 Å². The third-order valence-corrected chi connectivity index (χ3v) is 3.88. The van der Waals surface area contributed by atoms with Crippen molar-refractivity contribution in [3.8, 4) is 0 Å². The number of hydrogen-bond acceptors (Lipinski definition) is 4. The lowest BCUT2D eigenvalue weighted by molar-refractivity contribution is 0.100. The number of hydrogen-bond donors (Lipinski definition) is 3. The number of nitrogens with zero attached hydrogens (tertiary/aromatic N) is 2. The normalized spacial score (nSPS) is 12.4. The van der Waals surface area contributed by atoms with E-state index in [-0.39, 0.29) is 11.4 Å². The molecule has 0 saturated carbocycles. The van der Waals surface area contributed by atoms with Crippen LogP contribution in [-0.2, 0) is 7.05 Å². The molecule has 0 aliphatic heterocycles. The van der Waals surface area contributed by atoms with Gasteiger partial charge in [0.1, 0.15) is 11.3 Å². The number of rotatable bonds is 3. The van der Waals surface area contributed by atoms with Crippen molar-refractivity contribution < 1.29 is 4.79 Å². The van der Waals surface area contributed by atoms with Crippen molar-refractivity contribution in [2.75, 3.05) is 0 Å². The molecular formula is C15H15N5O3. The zero-order valence-corrected chi connectivity index (χ0v) is 12.6. The number of primary amides is 1. The predicted octanol–water partition coefficient (Wildman–Crippen LogP) is 0.201. The van der Waals surface area contributed by atoms with E-state index in [1.807, 2.05) is 6.92 Å². The minimum Gasteiger partial charge on any atom is -0.366 e. The molecule has 3 rings (SSSR count). The van der Waals surface area contributed by atoms with E-state index in [2.05, 4.69) is 15.0 Å². The fourth-order valence-corrected chi connectivity index (χ4v) is 2.42. The maximum atomic E-state index is 11.9. The highest BCUT2D eigenvalue weighted by Crippen LogP contribution is 2.23. The molecule has 2 aromatic heterocycles. The maximum Gasteiger partial charge on any atom is 0.329 e. The lowest BCUT2D eigenvalue weighted by Gasteiger charge is -2.09. The number of amides is 1. The Morgan fingerprint density at radius 1 is 1.22 bits per heavy atom. The van der Waals surface area contributed by atoms with E-state index in [0.29, 0.717) is 17.0 Å². The maximum absolute atomic E-state index is 11.9. The minimum atomic E-state index is -0.515. The number of aromatic nitrogens is 4. The lowest BCUT2D eigenvalue weighted by Crippen LogP contribution is -2.28. The number of benzene rings is 1. The summed E-state index contributed by atoms with van der Waals surface area (Å²) in [4.78, 5) is 44.1. The van der Waals surface area contributed by atoms with Crippen molar-refractivity contribution in [3.63, 3.8) is 0 Å². The summed E-state index contributed by atoms with van der Waals surface area (Å²) in [5.41, 5.74) is 6.08. The molecule has 0 bridgehead atoms. The molecule has 8 heteroatoms. The van der Waals surface area contributed by atoms with Crippen LogP contribution in [0.3, 0.4) is 0 Å². The first-order valence-electron chi connectivity index (χ1n) is 6.97. The van der Waals surface area contributed by atoms with E-state index in [9.17, 15) is 14.4 Å². The van der Waals surface area contributed by atoms with Crippen LogP contribution in [0, 0.1) is 0 Å². The van der Waals surface area contributed by atoms with E-state index in [4.69, 9.17) is 5.73 Å². The Balaban J connectivity index is 2.07. The Bertz CT molecular complexity index is 1010. The van der Waals surface area contributed by atoms with Gasteiger partial charge in [0.25, 0.3) is 5.56 Å². The second-order valence-corrected chi connectivity index (χ2v) is 5.35. The lowest BCUT2D eigenvalue weighted by atomic mass is 9.99. The van der Waals surface area contributed by atoms with Gasteiger partial charge in [-0.15, -0.1) is 0 Å². The number of aromatic amines is 2. The highest BCUT2D eigenvalue weighted by Gasteiger charge is 2.17. The first-order chi connectivity index (χ1) is 10.9. The molecule has 0 spiro atoms. The number of aryl methyl sites for hydroxylation is 1. The molecule has 0 aliphatic carbocycles. The van der Waals surface area contributed by atoms with E-state index < -0.39 is 17.2 Å². The van der Waals surface area contributed by atoms with Gasteiger partial charge in [-0.3, -0.25) is 19.1 Å². The van der Waals surface area contributed by atoms with Crippen molar-refractivity contribution in [1.29, 1.82) is 0 Å². The molecule has 2 heterocycles. The van der Waals surface area contributed by atoms with Gasteiger partial charge in [0.2, 0.25) is 5.91 Å². The Kier molecular flexibility index (Phi) is 3.36. The molecule has 1 atom stereocenters. The highest BCUT2D eigenvalue weighted by molar-refractivity contribution is 5.92. The van der Waals surface area contributed by atoms with Gasteiger partial charge in [0, 0.05) is 18.5 Å². The number of nitrogens with one attached hydrogen (secondary N) is 2. The van der Waals surface area contributed by atoms with Crippen LogP contribution in [0.25, 0.3) is 11.2 Å². The molecular weight excluding hydrogens is 298 g/mol. The summed E-state index contributed by atoms with van der Waals surface area (Å²) >= 11 is 0. The minimum absolute atomic E-state index is 0.154. The first kappa shape index (κ1) is 14.8. The number of nitrogens with two attached hydrogens (primary N) is 1. The van der Waals surface area contributed by atoms with Crippen LogP contribution in [0.5, 0.6) is 0 Å². The summed E-state index contributed by atoms with van der Waals surface area (Å²) in [7, 11) is 1.54. The van der Waals surface area contributed by atoms with Crippen LogP contribution < -0.4 is 17.0 Å². The van der Waals surface area contributed by atoms with Crippen LogP contribution in [0.1, 0.15) is 34.6 Å². The number of fused-ring (bicyclic) bond motifs is 1. The van der Waals surface area contributed by atoms with Crippen molar-refractivity contribution in [3.05, 3.63) is 62.1 Å². The number of imidazole rings is 1. The largest absolute Gasteiger partial charge is 0.366 e. The standard InChI is InChI=1S/C15H15N5O3/c1-7(8-3-5-9(6-4-8)11(16)21)12-17-10-13(18-12)20(2)15(23)19-14(10)22/h3-7H,1-2H3,(H2,16,21)(H,17,18)(H,19,22,23). The van der Waals surface area contributed by atoms with Crippen LogP contribution in [0.4, 0.5) is 0 Å². The van der Waals surface area contributed by atoms with Gasteiger partial charge in [0.15, 0.2) is 5.65 Å². The van der Waals surface area contributed by atoms with Gasteiger partial charge in [-0.05, 0) is 17.7 Å². The molecule has 8 nitrogen and oxygen atoms in total. The van der Waals surface area contributed by atoms with Crippen LogP contribution in [0.15, 0.2) is 33.9 Å². The number of carbonyl (C=O) groups excluding carboxylic acids is 1. The van der Waals surface area contributed by atoms with Gasteiger partial charge in [-0.25, -0.2) is 9.78 Å². The average Bonchev–Trinajstić information content (AvgIpc) is 2.98. The Hall–Kier alpha value is -3.16. The van der Waals surface area contributed by atoms with Crippen molar-refractivity contribution in [2.45, 2.75) is 12.8 Å². The summed E-state index contributed by atoms with van der Waals surface area (Å²) in [6, 6.07) is 6.83. The SMILES string of the molecule is CC(c1ccc(C(N)=O)cc1)c1nc2c([nH]1)c(=O)[nH]c(=O)n2C. The number of H-pyrrole nitrogens is 2. The van der Waals surface area contributed by atoms with Crippen LogP contribution >= 0.6 is 0 Å². The molecule has 0 aliphatic rings. The monoisotopic (exact) mass is 313 g/mol. The quantitative estimate of drug-likeness (QED) is 0.638. The Labute approximate surface area is 130 Å². The summed E-state index contributed by atoms with van der Waals surface area (Å²) in [5, 5.41) is 0. The van der Waals surface area contributed by atoms with E-state index >= 15 is 0 Å². The van der Waals surface area contributed by atoms with E-state index in [0.717, 1.165) is 5.56 Å². The zero-order chi connectivity index (χ0) is 16.7. The van der Waals surface area contributed by atoms with E-state index in [1.165, 1.54) is 11.6 Å². The topological polar surface area (TPSA) is 127 Å². The van der Waals surface area contributed by atoms with Gasteiger partial charge in [-0.2, -0.15) is 0 Å². The predicted molar refractivity (Wildman–Crippen MR) is 84.4 cm³/mol. The fourth-order valence-electron chi connectivity index (χ4n) is 2.42. The van der Waals surface area contributed by atoms with Gasteiger partial charge >= 0.3 is 5.69 Å². The number of carbonyl (C=O) groups is 1. The summed E-state index contributed by atoms with van der Waals surface area (Å²) in [6.45, 7) is 1.91. The van der Waals surface area contributed by atoms with Gasteiger partial charge < -0.3 is 10.7 Å². The second kappa shape index (κ2) is 5.24. The summed E-state index contributed by atoms with van der Waals surface area (Å²) < 4.78 is 1.28. The van der Waals surface area contributed by atoms with E-state index in [1.54, 1.807) is 24.3 Å². The average molecular weight is 313 g/mol. The third kappa shape index (κ3) is 2.44. The molecule has 3 aromatic rings. The van der Waals surface area contributed by atoms with Crippen molar-refractivity contribution >= 4 is 17.1 Å².